The zero-order valence-electron chi connectivity index (χ0n) is 17.4. The van der Waals surface area contributed by atoms with Gasteiger partial charge in [0.25, 0.3) is 5.91 Å². The molecule has 0 aliphatic heterocycles. The third-order valence-corrected chi connectivity index (χ3v) is 4.38. The molecule has 2 aromatic heterocycles. The van der Waals surface area contributed by atoms with Gasteiger partial charge in [-0.15, -0.1) is 0 Å². The summed E-state index contributed by atoms with van der Waals surface area (Å²) in [7, 11) is 0.907. The second-order valence-corrected chi connectivity index (χ2v) is 6.85. The van der Waals surface area contributed by atoms with Crippen LogP contribution in [0.1, 0.15) is 41.4 Å². The maximum atomic E-state index is 13.6. The highest BCUT2D eigenvalue weighted by Crippen LogP contribution is 2.34. The lowest BCUT2D eigenvalue weighted by Gasteiger charge is -2.32. The van der Waals surface area contributed by atoms with E-state index in [9.17, 15) is 22.8 Å². The molecule has 31 heavy (non-hydrogen) atoms. The van der Waals surface area contributed by atoms with Crippen molar-refractivity contribution in [2.24, 2.45) is 0 Å². The van der Waals surface area contributed by atoms with Gasteiger partial charge in [0.2, 0.25) is 5.91 Å². The standard InChI is InChI=1S/C20H23F3N4O4/c1-11-8-15(9-16(25-11)26-13(3)28)12(2)17(18(30-4)20(21,22)23)31-27-19(29)14-6-5-7-24-10-14/h5-10,12,17-18H,1-4H3,(H,27,29)(H,25,26,28). The highest BCUT2D eigenvalue weighted by atomic mass is 19.4. The molecule has 11 heteroatoms. The van der Waals surface area contributed by atoms with Crippen molar-refractivity contribution in [1.29, 1.82) is 0 Å². The zero-order valence-corrected chi connectivity index (χ0v) is 17.4. The lowest BCUT2D eigenvalue weighted by atomic mass is 9.91. The predicted molar refractivity (Wildman–Crippen MR) is 105 cm³/mol. The molecule has 8 nitrogen and oxygen atoms in total. The van der Waals surface area contributed by atoms with Crippen LogP contribution in [-0.4, -0.2) is 47.3 Å². The second kappa shape index (κ2) is 10.3. The first-order valence-corrected chi connectivity index (χ1v) is 9.24. The zero-order chi connectivity index (χ0) is 23.2. The Balaban J connectivity index is 2.34. The first-order chi connectivity index (χ1) is 14.5. The van der Waals surface area contributed by atoms with Crippen LogP contribution < -0.4 is 10.8 Å². The SMILES string of the molecule is COC(C(ONC(=O)c1cccnc1)C(C)c1cc(C)nc(NC(C)=O)c1)C(F)(F)F. The number of halogens is 3. The molecule has 2 rings (SSSR count). The summed E-state index contributed by atoms with van der Waals surface area (Å²) < 4.78 is 45.6. The van der Waals surface area contributed by atoms with Gasteiger partial charge in [-0.05, 0) is 36.8 Å². The molecule has 0 bridgehead atoms. The van der Waals surface area contributed by atoms with E-state index < -0.39 is 30.2 Å². The minimum atomic E-state index is -4.77. The number of anilines is 1. The molecule has 2 N–H and O–H groups in total. The van der Waals surface area contributed by atoms with Gasteiger partial charge in [-0.1, -0.05) is 6.92 Å². The van der Waals surface area contributed by atoms with E-state index in [1.807, 2.05) is 0 Å². The van der Waals surface area contributed by atoms with Crippen molar-refractivity contribution < 1.29 is 32.3 Å². The smallest absolute Gasteiger partial charge is 0.369 e. The van der Waals surface area contributed by atoms with E-state index in [0.717, 1.165) is 7.11 Å². The molecule has 0 radical (unpaired) electrons. The van der Waals surface area contributed by atoms with Crippen LogP contribution in [0, 0.1) is 6.92 Å². The van der Waals surface area contributed by atoms with Crippen molar-refractivity contribution >= 4 is 17.6 Å². The van der Waals surface area contributed by atoms with Crippen molar-refractivity contribution in [2.75, 3.05) is 12.4 Å². The van der Waals surface area contributed by atoms with Crippen molar-refractivity contribution in [3.05, 3.63) is 53.5 Å². The minimum Gasteiger partial charge on any atom is -0.369 e. The van der Waals surface area contributed by atoms with Crippen molar-refractivity contribution in [3.63, 3.8) is 0 Å². The minimum absolute atomic E-state index is 0.113. The van der Waals surface area contributed by atoms with Crippen LogP contribution in [0.2, 0.25) is 0 Å². The van der Waals surface area contributed by atoms with E-state index in [4.69, 9.17) is 4.84 Å². The number of pyridine rings is 2. The van der Waals surface area contributed by atoms with Crippen LogP contribution in [-0.2, 0) is 14.4 Å². The van der Waals surface area contributed by atoms with Gasteiger partial charge in [0, 0.05) is 38.0 Å². The summed E-state index contributed by atoms with van der Waals surface area (Å²) in [5.74, 6) is -1.85. The highest BCUT2D eigenvalue weighted by molar-refractivity contribution is 5.93. The van der Waals surface area contributed by atoms with Crippen LogP contribution in [0.15, 0.2) is 36.7 Å². The summed E-state index contributed by atoms with van der Waals surface area (Å²) in [4.78, 5) is 36.7. The average Bonchev–Trinajstić information content (AvgIpc) is 2.69. The molecule has 0 fully saturated rings. The molecule has 3 atom stereocenters. The molecule has 0 saturated heterocycles. The Morgan fingerprint density at radius 1 is 1.23 bits per heavy atom. The summed E-state index contributed by atoms with van der Waals surface area (Å²) >= 11 is 0. The fraction of sp³-hybridized carbons (Fsp3) is 0.400. The largest absolute Gasteiger partial charge is 0.417 e. The van der Waals surface area contributed by atoms with Crippen molar-refractivity contribution in [1.82, 2.24) is 15.4 Å². The normalized spacial score (nSPS) is 14.4. The number of hydroxylamine groups is 1. The first-order valence-electron chi connectivity index (χ1n) is 9.24. The van der Waals surface area contributed by atoms with Gasteiger partial charge in [-0.2, -0.15) is 13.2 Å². The number of carbonyl (C=O) groups excluding carboxylic acids is 2. The average molecular weight is 440 g/mol. The number of ether oxygens (including phenoxy) is 1. The van der Waals surface area contributed by atoms with Gasteiger partial charge >= 0.3 is 6.18 Å². The molecule has 0 saturated carbocycles. The number of aryl methyl sites for hydroxylation is 1. The molecule has 0 aromatic carbocycles. The first kappa shape index (κ1) is 24.2. The van der Waals surface area contributed by atoms with E-state index >= 15 is 0 Å². The van der Waals surface area contributed by atoms with Gasteiger partial charge in [-0.25, -0.2) is 10.5 Å². The Morgan fingerprint density at radius 3 is 2.48 bits per heavy atom. The summed E-state index contributed by atoms with van der Waals surface area (Å²) in [6.07, 6.45) is -6.05. The highest BCUT2D eigenvalue weighted by Gasteiger charge is 2.48. The number of nitrogens with zero attached hydrogens (tertiary/aromatic N) is 2. The van der Waals surface area contributed by atoms with Crippen LogP contribution in [0.25, 0.3) is 0 Å². The lowest BCUT2D eigenvalue weighted by molar-refractivity contribution is -0.254. The monoisotopic (exact) mass is 440 g/mol. The van der Waals surface area contributed by atoms with Crippen LogP contribution >= 0.6 is 0 Å². The molecule has 0 spiro atoms. The van der Waals surface area contributed by atoms with E-state index in [2.05, 4.69) is 25.5 Å². The molecule has 2 amide bonds. The van der Waals surface area contributed by atoms with Crippen LogP contribution in [0.4, 0.5) is 19.0 Å². The molecule has 2 aromatic rings. The Labute approximate surface area is 177 Å². The number of rotatable bonds is 8. The van der Waals surface area contributed by atoms with Crippen molar-refractivity contribution in [2.45, 2.75) is 45.1 Å². The summed E-state index contributed by atoms with van der Waals surface area (Å²) in [5, 5.41) is 2.50. The van der Waals surface area contributed by atoms with Gasteiger partial charge in [0.05, 0.1) is 5.56 Å². The number of nitrogens with one attached hydrogen (secondary N) is 2. The third-order valence-electron chi connectivity index (χ3n) is 4.38. The third kappa shape index (κ3) is 6.72. The van der Waals surface area contributed by atoms with Crippen LogP contribution in [0.3, 0.4) is 0 Å². The Morgan fingerprint density at radius 2 is 1.94 bits per heavy atom. The van der Waals surface area contributed by atoms with Gasteiger partial charge in [0.15, 0.2) is 6.10 Å². The molecule has 2 heterocycles. The fourth-order valence-corrected chi connectivity index (χ4v) is 2.95. The molecule has 168 valence electrons. The number of alkyl halides is 3. The number of aromatic nitrogens is 2. The Bertz CT molecular complexity index is 909. The van der Waals surface area contributed by atoms with Gasteiger partial charge in [0.1, 0.15) is 11.9 Å². The number of hydrogen-bond donors (Lipinski definition) is 2. The summed E-state index contributed by atoms with van der Waals surface area (Å²) in [5.41, 5.74) is 3.05. The second-order valence-electron chi connectivity index (χ2n) is 6.85. The number of hydrogen-bond acceptors (Lipinski definition) is 6. The summed E-state index contributed by atoms with van der Waals surface area (Å²) in [6, 6.07) is 5.96. The van der Waals surface area contributed by atoms with Crippen molar-refractivity contribution in [3.8, 4) is 0 Å². The molecule has 0 aliphatic rings. The van der Waals surface area contributed by atoms with E-state index in [-0.39, 0.29) is 17.3 Å². The van der Waals surface area contributed by atoms with Gasteiger partial charge in [-0.3, -0.25) is 19.4 Å². The number of amides is 2. The quantitative estimate of drug-likeness (QED) is 0.612. The molecule has 3 unspecified atom stereocenters. The maximum absolute atomic E-state index is 13.6. The Kier molecular flexibility index (Phi) is 8.06. The number of carbonyl (C=O) groups is 2. The topological polar surface area (TPSA) is 102 Å². The lowest BCUT2D eigenvalue weighted by Crippen LogP contribution is -2.48. The fourth-order valence-electron chi connectivity index (χ4n) is 2.95. The Hall–Kier alpha value is -3.05. The van der Waals surface area contributed by atoms with E-state index in [1.165, 1.54) is 44.4 Å². The molecular weight excluding hydrogens is 417 g/mol. The predicted octanol–water partition coefficient (Wildman–Crippen LogP) is 3.15. The van der Waals surface area contributed by atoms with E-state index in [1.54, 1.807) is 13.0 Å². The summed E-state index contributed by atoms with van der Waals surface area (Å²) in [6.45, 7) is 4.42. The molecule has 0 aliphatic carbocycles. The molecular formula is C20H23F3N4O4. The van der Waals surface area contributed by atoms with E-state index in [0.29, 0.717) is 11.3 Å². The number of methoxy groups -OCH3 is 1. The van der Waals surface area contributed by atoms with Gasteiger partial charge < -0.3 is 10.1 Å². The van der Waals surface area contributed by atoms with Crippen LogP contribution in [0.5, 0.6) is 0 Å². The maximum Gasteiger partial charge on any atom is 0.417 e.